The maximum absolute atomic E-state index is 13.9. The molecule has 3 fully saturated rings. The zero-order valence-electron chi connectivity index (χ0n) is 22.4. The summed E-state index contributed by atoms with van der Waals surface area (Å²) >= 11 is 0. The van der Waals surface area contributed by atoms with Crippen LogP contribution in [0.3, 0.4) is 0 Å². The minimum absolute atomic E-state index is 0.163. The van der Waals surface area contributed by atoms with Crippen LogP contribution in [0, 0.1) is 5.92 Å². The molecule has 37 heavy (non-hydrogen) atoms. The van der Waals surface area contributed by atoms with Gasteiger partial charge in [0.25, 0.3) is 0 Å². The van der Waals surface area contributed by atoms with Crippen LogP contribution in [0.5, 0.6) is 0 Å². The molecule has 3 heterocycles. The fourth-order valence-corrected chi connectivity index (χ4v) is 7.68. The molecule has 198 valence electrons. The van der Waals surface area contributed by atoms with Gasteiger partial charge in [-0.05, 0) is 81.6 Å². The number of nitrogens with zero attached hydrogens (tertiary/aromatic N) is 3. The number of para-hydroxylation sites is 2. The number of hydrogen-bond donors (Lipinski definition) is 1. The normalized spacial score (nSPS) is 22.3. The number of imidazole rings is 1. The van der Waals surface area contributed by atoms with E-state index in [-0.39, 0.29) is 17.3 Å². The lowest BCUT2D eigenvalue weighted by Crippen LogP contribution is -2.50. The van der Waals surface area contributed by atoms with E-state index in [4.69, 9.17) is 0 Å². The van der Waals surface area contributed by atoms with E-state index in [1.165, 1.54) is 56.9 Å². The molecule has 0 atom stereocenters. The van der Waals surface area contributed by atoms with E-state index < -0.39 is 0 Å². The number of hydrogen-bond acceptors (Lipinski definition) is 3. The lowest BCUT2D eigenvalue weighted by molar-refractivity contribution is 0.0354. The van der Waals surface area contributed by atoms with Crippen molar-refractivity contribution in [2.75, 3.05) is 26.2 Å². The average Bonchev–Trinajstić information content (AvgIpc) is 3.09. The predicted molar refractivity (Wildman–Crippen MR) is 152 cm³/mol. The predicted octanol–water partition coefficient (Wildman–Crippen LogP) is 6.08. The van der Waals surface area contributed by atoms with Crippen molar-refractivity contribution in [3.05, 3.63) is 70.6 Å². The Bertz CT molecular complexity index is 1210. The highest BCUT2D eigenvalue weighted by molar-refractivity contribution is 5.76. The van der Waals surface area contributed by atoms with Crippen LogP contribution in [-0.2, 0) is 12.1 Å². The van der Waals surface area contributed by atoms with Gasteiger partial charge in [0, 0.05) is 31.2 Å². The Morgan fingerprint density at radius 3 is 2.14 bits per heavy atom. The molecule has 0 unspecified atom stereocenters. The fraction of sp³-hybridized carbons (Fsp3) is 0.594. The maximum atomic E-state index is 13.9. The smallest absolute Gasteiger partial charge is 0.317 e. The van der Waals surface area contributed by atoms with Gasteiger partial charge in [0.2, 0.25) is 0 Å². The molecule has 2 aliphatic heterocycles. The van der Waals surface area contributed by atoms with Crippen LogP contribution < -0.4 is 11.0 Å². The molecule has 5 nitrogen and oxygen atoms in total. The maximum Gasteiger partial charge on any atom is 0.329 e. The summed E-state index contributed by atoms with van der Waals surface area (Å²) < 4.78 is 4.25. The quantitative estimate of drug-likeness (QED) is 0.417. The highest BCUT2D eigenvalue weighted by Gasteiger charge is 2.40. The molecule has 3 aromatic rings. The number of piperidine rings is 2. The minimum Gasteiger partial charge on any atom is -0.317 e. The van der Waals surface area contributed by atoms with Crippen LogP contribution >= 0.6 is 0 Å². The van der Waals surface area contributed by atoms with Crippen molar-refractivity contribution in [2.24, 2.45) is 5.92 Å². The second kappa shape index (κ2) is 11.2. The van der Waals surface area contributed by atoms with E-state index in [2.05, 4.69) is 73.9 Å². The van der Waals surface area contributed by atoms with Crippen LogP contribution in [0.1, 0.15) is 82.2 Å². The number of likely N-dealkylation sites (tertiary alicyclic amines) is 1. The van der Waals surface area contributed by atoms with Crippen molar-refractivity contribution in [2.45, 2.75) is 88.8 Å². The first-order valence-electron chi connectivity index (χ1n) is 15.0. The topological polar surface area (TPSA) is 42.2 Å². The number of aryl methyl sites for hydroxylation is 1. The molecule has 0 radical (unpaired) electrons. The Morgan fingerprint density at radius 2 is 1.43 bits per heavy atom. The van der Waals surface area contributed by atoms with E-state index in [1.54, 1.807) is 0 Å². The van der Waals surface area contributed by atoms with Gasteiger partial charge in [0.05, 0.1) is 11.0 Å². The van der Waals surface area contributed by atoms with Gasteiger partial charge in [-0.2, -0.15) is 0 Å². The molecule has 0 bridgehead atoms. The number of nitrogens with one attached hydrogen (secondary N) is 1. The van der Waals surface area contributed by atoms with Gasteiger partial charge in [-0.3, -0.25) is 14.0 Å². The molecule has 0 amide bonds. The molecule has 1 saturated carbocycles. The number of benzene rings is 2. The zero-order valence-corrected chi connectivity index (χ0v) is 22.4. The van der Waals surface area contributed by atoms with Crippen LogP contribution in [0.15, 0.2) is 59.4 Å². The van der Waals surface area contributed by atoms with E-state index in [0.717, 1.165) is 68.9 Å². The Kier molecular flexibility index (Phi) is 7.53. The number of fused-ring (bicyclic) bond motifs is 1. The summed E-state index contributed by atoms with van der Waals surface area (Å²) in [6, 6.07) is 20.1. The Hall–Kier alpha value is -2.37. The molecular formula is C32H44N4O. The largest absolute Gasteiger partial charge is 0.329 e. The Morgan fingerprint density at radius 1 is 0.784 bits per heavy atom. The van der Waals surface area contributed by atoms with Crippen molar-refractivity contribution < 1.29 is 0 Å². The lowest BCUT2D eigenvalue weighted by atomic mass is 9.79. The van der Waals surface area contributed by atoms with E-state index >= 15 is 0 Å². The molecule has 5 heteroatoms. The summed E-state index contributed by atoms with van der Waals surface area (Å²) in [5.74, 6) is 0.729. The van der Waals surface area contributed by atoms with Crippen molar-refractivity contribution in [3.8, 4) is 0 Å². The van der Waals surface area contributed by atoms with Gasteiger partial charge in [-0.25, -0.2) is 4.79 Å². The molecule has 2 aromatic carbocycles. The van der Waals surface area contributed by atoms with Gasteiger partial charge >= 0.3 is 5.69 Å². The first kappa shape index (κ1) is 24.9. The SMILES string of the molecule is O=c1n(CCC2CCNCC2)c2ccccc2n1C1CCN(C2(c3ccccc3)CCCCCC2)CC1. The highest BCUT2D eigenvalue weighted by Crippen LogP contribution is 2.43. The number of aromatic nitrogens is 2. The van der Waals surface area contributed by atoms with Crippen molar-refractivity contribution in [1.29, 1.82) is 0 Å². The van der Waals surface area contributed by atoms with Gasteiger partial charge in [-0.15, -0.1) is 0 Å². The van der Waals surface area contributed by atoms with Crippen molar-refractivity contribution in [1.82, 2.24) is 19.4 Å². The molecule has 1 aliphatic carbocycles. The molecule has 3 aliphatic rings. The fourth-order valence-electron chi connectivity index (χ4n) is 7.68. The van der Waals surface area contributed by atoms with Gasteiger partial charge < -0.3 is 5.32 Å². The Balaban J connectivity index is 1.24. The molecular weight excluding hydrogens is 456 g/mol. The Labute approximate surface area is 221 Å². The van der Waals surface area contributed by atoms with Gasteiger partial charge in [0.15, 0.2) is 0 Å². The van der Waals surface area contributed by atoms with E-state index in [0.29, 0.717) is 0 Å². The lowest BCUT2D eigenvalue weighted by Gasteiger charge is -2.47. The third-order valence-electron chi connectivity index (χ3n) is 9.77. The standard InChI is InChI=1S/C32H44N4O/c37-31-35(25-16-26-14-21-33-22-15-26)29-12-6-7-13-30(29)36(31)28-17-23-34(24-18-28)32(19-8-1-2-9-20-32)27-10-4-3-5-11-27/h3-7,10-13,26,28,33H,1-2,8-9,14-25H2. The van der Waals surface area contributed by atoms with Crippen molar-refractivity contribution in [3.63, 3.8) is 0 Å². The third-order valence-corrected chi connectivity index (χ3v) is 9.77. The molecule has 0 spiro atoms. The zero-order chi connectivity index (χ0) is 25.1. The monoisotopic (exact) mass is 500 g/mol. The first-order valence-corrected chi connectivity index (χ1v) is 15.0. The summed E-state index contributed by atoms with van der Waals surface area (Å²) in [5.41, 5.74) is 4.12. The first-order chi connectivity index (χ1) is 18.3. The molecule has 6 rings (SSSR count). The summed E-state index contributed by atoms with van der Waals surface area (Å²) in [6.45, 7) is 5.21. The van der Waals surface area contributed by atoms with Gasteiger partial charge in [0.1, 0.15) is 0 Å². The van der Waals surface area contributed by atoms with E-state index in [1.807, 2.05) is 0 Å². The number of rotatable bonds is 6. The summed E-state index contributed by atoms with van der Waals surface area (Å²) in [6.07, 6.45) is 13.5. The van der Waals surface area contributed by atoms with Gasteiger partial charge in [-0.1, -0.05) is 68.1 Å². The molecule has 2 saturated heterocycles. The summed E-state index contributed by atoms with van der Waals surface area (Å²) in [5, 5.41) is 3.47. The molecule has 1 N–H and O–H groups in total. The molecule has 1 aromatic heterocycles. The highest BCUT2D eigenvalue weighted by atomic mass is 16.1. The summed E-state index contributed by atoms with van der Waals surface area (Å²) in [4.78, 5) is 16.7. The third kappa shape index (κ3) is 4.93. The van der Waals surface area contributed by atoms with Crippen molar-refractivity contribution >= 4 is 11.0 Å². The van der Waals surface area contributed by atoms with Crippen LogP contribution in [0.25, 0.3) is 11.0 Å². The minimum atomic E-state index is 0.163. The van der Waals surface area contributed by atoms with Crippen LogP contribution in [0.4, 0.5) is 0 Å². The van der Waals surface area contributed by atoms with Crippen LogP contribution in [0.2, 0.25) is 0 Å². The second-order valence-electron chi connectivity index (χ2n) is 11.8. The van der Waals surface area contributed by atoms with Crippen LogP contribution in [-0.4, -0.2) is 40.2 Å². The van der Waals surface area contributed by atoms with E-state index in [9.17, 15) is 4.79 Å². The second-order valence-corrected chi connectivity index (χ2v) is 11.8. The summed E-state index contributed by atoms with van der Waals surface area (Å²) in [7, 11) is 0. The average molecular weight is 501 g/mol.